The Balaban J connectivity index is 3.31. The number of aromatic nitrogens is 1. The molecule has 0 amide bonds. The van der Waals surface area contributed by atoms with Crippen molar-refractivity contribution in [2.24, 2.45) is 0 Å². The monoisotopic (exact) mass is 242 g/mol. The van der Waals surface area contributed by atoms with Crippen LogP contribution in [0.15, 0.2) is 6.20 Å². The van der Waals surface area contributed by atoms with E-state index in [0.29, 0.717) is 6.20 Å². The Bertz CT molecular complexity index is 483. The van der Waals surface area contributed by atoms with E-state index in [1.54, 1.807) is 0 Å². The van der Waals surface area contributed by atoms with Crippen LogP contribution in [0, 0.1) is 11.3 Å². The highest BCUT2D eigenvalue weighted by atomic mass is 19.3. The number of nitrogens with zero attached hydrogens (tertiary/aromatic N) is 2. The molecule has 0 aliphatic rings. The maximum Gasteiger partial charge on any atom is 0.360 e. The molecule has 17 heavy (non-hydrogen) atoms. The summed E-state index contributed by atoms with van der Waals surface area (Å²) in [6, 6.07) is 1.40. The van der Waals surface area contributed by atoms with Crippen molar-refractivity contribution in [2.75, 3.05) is 6.61 Å². The topological polar surface area (TPSA) is 83.2 Å². The van der Waals surface area contributed by atoms with Gasteiger partial charge in [-0.15, -0.1) is 0 Å². The fourth-order valence-corrected chi connectivity index (χ4v) is 1.15. The second kappa shape index (κ2) is 5.21. The molecule has 0 aliphatic heterocycles. The fraction of sp³-hybridized carbons (Fsp3) is 0.300. The summed E-state index contributed by atoms with van der Waals surface area (Å²) in [6.07, 6.45) is -2.28. The molecule has 0 bridgehead atoms. The molecule has 5 nitrogen and oxygen atoms in total. The zero-order chi connectivity index (χ0) is 13.0. The van der Waals surface area contributed by atoms with Gasteiger partial charge in [0.2, 0.25) is 0 Å². The van der Waals surface area contributed by atoms with E-state index >= 15 is 0 Å². The van der Waals surface area contributed by atoms with Crippen LogP contribution >= 0.6 is 0 Å². The molecule has 7 heteroatoms. The third kappa shape index (κ3) is 2.47. The number of pyridine rings is 1. The van der Waals surface area contributed by atoms with E-state index in [0.717, 1.165) is 0 Å². The van der Waals surface area contributed by atoms with Crippen molar-refractivity contribution < 1.29 is 23.4 Å². The maximum absolute atomic E-state index is 12.5. The van der Waals surface area contributed by atoms with E-state index in [-0.39, 0.29) is 6.61 Å². The normalized spacial score (nSPS) is 10.1. The molecule has 0 spiro atoms. The first-order chi connectivity index (χ1) is 8.02. The summed E-state index contributed by atoms with van der Waals surface area (Å²) >= 11 is 0. The van der Waals surface area contributed by atoms with Crippen LogP contribution in [0.5, 0.6) is 5.75 Å². The van der Waals surface area contributed by atoms with E-state index < -0.39 is 35.0 Å². The molecule has 0 saturated heterocycles. The Morgan fingerprint density at radius 3 is 2.82 bits per heavy atom. The number of carbonyl (C=O) groups is 1. The Labute approximate surface area is 95.3 Å². The number of ether oxygens (including phenoxy) is 1. The number of carbonyl (C=O) groups excluding carboxylic acids is 1. The summed E-state index contributed by atoms with van der Waals surface area (Å²) in [5.74, 6) is -1.86. The molecule has 90 valence electrons. The summed E-state index contributed by atoms with van der Waals surface area (Å²) in [4.78, 5) is 14.6. The second-order valence-corrected chi connectivity index (χ2v) is 2.92. The Morgan fingerprint density at radius 2 is 2.35 bits per heavy atom. The SMILES string of the molecule is CCOC(=O)c1ncc(C(F)F)c(C#N)c1O. The third-order valence-electron chi connectivity index (χ3n) is 1.90. The standard InChI is InChI=1S/C10H8F2N2O3/c1-2-17-10(16)7-8(15)5(3-13)6(4-14-7)9(11)12/h4,9,15H,2H2,1H3. The number of nitriles is 1. The van der Waals surface area contributed by atoms with E-state index in [1.165, 1.54) is 13.0 Å². The molecule has 1 aromatic heterocycles. The molecule has 0 saturated carbocycles. The molecule has 0 atom stereocenters. The lowest BCUT2D eigenvalue weighted by Gasteiger charge is -2.07. The number of halogens is 2. The van der Waals surface area contributed by atoms with Crippen LogP contribution in [-0.4, -0.2) is 22.7 Å². The van der Waals surface area contributed by atoms with Crippen molar-refractivity contribution in [3.63, 3.8) is 0 Å². The lowest BCUT2D eigenvalue weighted by Crippen LogP contribution is -2.09. The van der Waals surface area contributed by atoms with Crippen molar-refractivity contribution >= 4 is 5.97 Å². The van der Waals surface area contributed by atoms with Crippen molar-refractivity contribution in [3.05, 3.63) is 23.0 Å². The summed E-state index contributed by atoms with van der Waals surface area (Å²) in [5.41, 5.74) is -1.94. The predicted octanol–water partition coefficient (Wildman–Crippen LogP) is 1.77. The average molecular weight is 242 g/mol. The van der Waals surface area contributed by atoms with Gasteiger partial charge in [0.15, 0.2) is 11.4 Å². The van der Waals surface area contributed by atoms with Crippen molar-refractivity contribution in [3.8, 4) is 11.8 Å². The largest absolute Gasteiger partial charge is 0.504 e. The Morgan fingerprint density at radius 1 is 1.71 bits per heavy atom. The molecule has 1 aromatic rings. The van der Waals surface area contributed by atoms with Crippen LogP contribution in [0.2, 0.25) is 0 Å². The molecule has 0 unspecified atom stereocenters. The number of esters is 1. The molecule has 0 aliphatic carbocycles. The summed E-state index contributed by atoms with van der Waals surface area (Å²) in [6.45, 7) is 1.58. The molecule has 0 aromatic carbocycles. The summed E-state index contributed by atoms with van der Waals surface area (Å²) in [5, 5.41) is 18.2. The number of alkyl halides is 2. The number of hydrogen-bond donors (Lipinski definition) is 1. The molecule has 1 N–H and O–H groups in total. The van der Waals surface area contributed by atoms with Gasteiger partial charge in [0.1, 0.15) is 11.6 Å². The van der Waals surface area contributed by atoms with Crippen LogP contribution in [-0.2, 0) is 4.74 Å². The third-order valence-corrected chi connectivity index (χ3v) is 1.90. The molecule has 1 heterocycles. The van der Waals surface area contributed by atoms with Gasteiger partial charge in [0.25, 0.3) is 6.43 Å². The molecule has 1 rings (SSSR count). The van der Waals surface area contributed by atoms with Gasteiger partial charge >= 0.3 is 5.97 Å². The Kier molecular flexibility index (Phi) is 3.93. The van der Waals surface area contributed by atoms with Crippen LogP contribution in [0.25, 0.3) is 0 Å². The quantitative estimate of drug-likeness (QED) is 0.816. The van der Waals surface area contributed by atoms with Gasteiger partial charge in [-0.25, -0.2) is 18.6 Å². The van der Waals surface area contributed by atoms with Crippen molar-refractivity contribution in [2.45, 2.75) is 13.3 Å². The smallest absolute Gasteiger partial charge is 0.360 e. The number of aromatic hydroxyl groups is 1. The van der Waals surface area contributed by atoms with Gasteiger partial charge < -0.3 is 9.84 Å². The predicted molar refractivity (Wildman–Crippen MR) is 51.5 cm³/mol. The van der Waals surface area contributed by atoms with Crippen molar-refractivity contribution in [1.29, 1.82) is 5.26 Å². The lowest BCUT2D eigenvalue weighted by atomic mass is 10.1. The lowest BCUT2D eigenvalue weighted by molar-refractivity contribution is 0.0515. The first kappa shape index (κ1) is 12.8. The maximum atomic E-state index is 12.5. The average Bonchev–Trinajstić information content (AvgIpc) is 2.28. The summed E-state index contributed by atoms with van der Waals surface area (Å²) < 4.78 is 29.5. The van der Waals surface area contributed by atoms with E-state index in [4.69, 9.17) is 5.26 Å². The van der Waals surface area contributed by atoms with Gasteiger partial charge in [-0.1, -0.05) is 0 Å². The molecular weight excluding hydrogens is 234 g/mol. The van der Waals surface area contributed by atoms with Crippen LogP contribution in [0.4, 0.5) is 8.78 Å². The minimum Gasteiger partial charge on any atom is -0.504 e. The highest BCUT2D eigenvalue weighted by Crippen LogP contribution is 2.30. The molecule has 0 radical (unpaired) electrons. The Hall–Kier alpha value is -2.23. The molecular formula is C10H8F2N2O3. The summed E-state index contributed by atoms with van der Waals surface area (Å²) in [7, 11) is 0. The van der Waals surface area contributed by atoms with Crippen LogP contribution in [0.1, 0.15) is 35.0 Å². The van der Waals surface area contributed by atoms with E-state index in [9.17, 15) is 18.7 Å². The minimum atomic E-state index is -2.96. The van der Waals surface area contributed by atoms with Crippen LogP contribution < -0.4 is 0 Å². The minimum absolute atomic E-state index is 0.0401. The highest BCUT2D eigenvalue weighted by molar-refractivity contribution is 5.91. The van der Waals surface area contributed by atoms with Gasteiger partial charge in [-0.05, 0) is 6.92 Å². The van der Waals surface area contributed by atoms with E-state index in [1.807, 2.05) is 0 Å². The fourth-order valence-electron chi connectivity index (χ4n) is 1.15. The second-order valence-electron chi connectivity index (χ2n) is 2.92. The van der Waals surface area contributed by atoms with Gasteiger partial charge in [-0.3, -0.25) is 0 Å². The first-order valence-corrected chi connectivity index (χ1v) is 4.60. The van der Waals surface area contributed by atoms with E-state index in [2.05, 4.69) is 9.72 Å². The van der Waals surface area contributed by atoms with Gasteiger partial charge in [0.05, 0.1) is 12.2 Å². The van der Waals surface area contributed by atoms with Crippen molar-refractivity contribution in [1.82, 2.24) is 4.98 Å². The zero-order valence-corrected chi connectivity index (χ0v) is 8.78. The van der Waals surface area contributed by atoms with Gasteiger partial charge in [0, 0.05) is 6.20 Å². The number of rotatable bonds is 3. The zero-order valence-electron chi connectivity index (χ0n) is 8.78. The molecule has 0 fully saturated rings. The number of hydrogen-bond acceptors (Lipinski definition) is 5. The van der Waals surface area contributed by atoms with Gasteiger partial charge in [-0.2, -0.15) is 5.26 Å². The first-order valence-electron chi connectivity index (χ1n) is 4.60. The van der Waals surface area contributed by atoms with Crippen LogP contribution in [0.3, 0.4) is 0 Å². The highest BCUT2D eigenvalue weighted by Gasteiger charge is 2.24.